The van der Waals surface area contributed by atoms with Crippen LogP contribution in [-0.2, 0) is 19.4 Å². The molecule has 3 rings (SSSR count). The van der Waals surface area contributed by atoms with E-state index in [1.807, 2.05) is 0 Å². The summed E-state index contributed by atoms with van der Waals surface area (Å²) in [5, 5.41) is 0. The van der Waals surface area contributed by atoms with Crippen molar-refractivity contribution in [2.45, 2.75) is 31.8 Å². The predicted octanol–water partition coefficient (Wildman–Crippen LogP) is 1.08. The Morgan fingerprint density at radius 2 is 2.04 bits per heavy atom. The number of rotatable bonds is 5. The van der Waals surface area contributed by atoms with Crippen molar-refractivity contribution in [3.8, 4) is 0 Å². The molecule has 2 heterocycles. The van der Waals surface area contributed by atoms with Gasteiger partial charge in [-0.2, -0.15) is 0 Å². The molecule has 0 aromatic heterocycles. The molecule has 10 heteroatoms. The van der Waals surface area contributed by atoms with Crippen molar-refractivity contribution in [3.05, 3.63) is 29.6 Å². The van der Waals surface area contributed by atoms with Gasteiger partial charge in [0.05, 0.1) is 30.3 Å². The summed E-state index contributed by atoms with van der Waals surface area (Å²) in [5.74, 6) is -0.711. The maximum Gasteiger partial charge on any atom is 0.414 e. The monoisotopic (exact) mass is 399 g/mol. The van der Waals surface area contributed by atoms with Gasteiger partial charge in [-0.3, -0.25) is 15.1 Å². The third-order valence-corrected chi connectivity index (χ3v) is 6.47. The van der Waals surface area contributed by atoms with Crippen LogP contribution in [0.3, 0.4) is 0 Å². The molecule has 0 aliphatic carbocycles. The Morgan fingerprint density at radius 1 is 1.33 bits per heavy atom. The molecule has 2 N–H and O–H groups in total. The van der Waals surface area contributed by atoms with Crippen LogP contribution in [0.25, 0.3) is 0 Å². The van der Waals surface area contributed by atoms with E-state index in [0.717, 1.165) is 0 Å². The number of benzene rings is 1. The van der Waals surface area contributed by atoms with Crippen LogP contribution in [-0.4, -0.2) is 51.1 Å². The molecule has 0 radical (unpaired) electrons. The van der Waals surface area contributed by atoms with Gasteiger partial charge in [-0.1, -0.05) is 6.07 Å². The third kappa shape index (κ3) is 4.75. The Morgan fingerprint density at radius 3 is 2.67 bits per heavy atom. The van der Waals surface area contributed by atoms with Crippen molar-refractivity contribution in [3.63, 3.8) is 0 Å². The number of hydrazine groups is 1. The van der Waals surface area contributed by atoms with Crippen molar-refractivity contribution >= 4 is 27.5 Å². The highest BCUT2D eigenvalue weighted by molar-refractivity contribution is 7.91. The summed E-state index contributed by atoms with van der Waals surface area (Å²) in [7, 11) is -3.01. The number of nitrogens with zero attached hydrogens (tertiary/aromatic N) is 1. The predicted molar refractivity (Wildman–Crippen MR) is 96.5 cm³/mol. The minimum absolute atomic E-state index is 0.0697. The molecule has 2 aliphatic heterocycles. The summed E-state index contributed by atoms with van der Waals surface area (Å²) < 4.78 is 42.9. The first kappa shape index (κ1) is 19.6. The molecule has 148 valence electrons. The number of amides is 2. The van der Waals surface area contributed by atoms with E-state index >= 15 is 0 Å². The number of halogens is 1. The van der Waals surface area contributed by atoms with Gasteiger partial charge in [0, 0.05) is 6.92 Å². The van der Waals surface area contributed by atoms with Crippen molar-refractivity contribution in [1.82, 2.24) is 10.9 Å². The molecule has 0 saturated carbocycles. The van der Waals surface area contributed by atoms with Crippen LogP contribution < -0.4 is 15.8 Å². The highest BCUT2D eigenvalue weighted by Crippen LogP contribution is 2.33. The molecule has 27 heavy (non-hydrogen) atoms. The van der Waals surface area contributed by atoms with E-state index in [4.69, 9.17) is 4.74 Å². The Hall–Kier alpha value is -2.20. The molecule has 0 bridgehead atoms. The van der Waals surface area contributed by atoms with E-state index in [-0.39, 0.29) is 36.4 Å². The van der Waals surface area contributed by atoms with Crippen LogP contribution in [0.5, 0.6) is 0 Å². The lowest BCUT2D eigenvalue weighted by Crippen LogP contribution is -2.41. The fraction of sp³-hybridized carbons (Fsp3) is 0.529. The molecule has 1 atom stereocenters. The largest absolute Gasteiger partial charge is 0.442 e. The lowest BCUT2D eigenvalue weighted by Gasteiger charge is -2.23. The average Bonchev–Trinajstić information content (AvgIpc) is 2.95. The number of carbonyl (C=O) groups is 2. The number of carbonyl (C=O) groups excluding carboxylic acids is 2. The van der Waals surface area contributed by atoms with Crippen LogP contribution in [0.2, 0.25) is 0 Å². The molecule has 0 spiro atoms. The first-order valence-electron chi connectivity index (χ1n) is 8.72. The molecule has 8 nitrogen and oxygen atoms in total. The second-order valence-corrected chi connectivity index (χ2v) is 9.11. The zero-order valence-corrected chi connectivity index (χ0v) is 15.7. The van der Waals surface area contributed by atoms with Crippen molar-refractivity contribution in [1.29, 1.82) is 0 Å². The molecule has 1 aromatic carbocycles. The lowest BCUT2D eigenvalue weighted by molar-refractivity contribution is -0.120. The minimum Gasteiger partial charge on any atom is -0.442 e. The Labute approximate surface area is 156 Å². The number of nitrogens with one attached hydrogen (secondary N) is 2. The van der Waals surface area contributed by atoms with E-state index in [2.05, 4.69) is 10.9 Å². The van der Waals surface area contributed by atoms with Gasteiger partial charge in [0.1, 0.15) is 21.8 Å². The normalized spacial score (nSPS) is 22.5. The zero-order chi connectivity index (χ0) is 19.6. The smallest absolute Gasteiger partial charge is 0.414 e. The summed E-state index contributed by atoms with van der Waals surface area (Å²) in [6, 6.07) is 4.54. The van der Waals surface area contributed by atoms with E-state index in [9.17, 15) is 22.4 Å². The van der Waals surface area contributed by atoms with Crippen LogP contribution in [0.4, 0.5) is 14.9 Å². The summed E-state index contributed by atoms with van der Waals surface area (Å²) in [4.78, 5) is 24.2. The molecular weight excluding hydrogens is 377 g/mol. The summed E-state index contributed by atoms with van der Waals surface area (Å²) >= 11 is 0. The number of sulfone groups is 1. The molecule has 2 aliphatic rings. The number of hydrogen-bond donors (Lipinski definition) is 2. The van der Waals surface area contributed by atoms with Crippen LogP contribution in [0.1, 0.15) is 31.2 Å². The minimum atomic E-state index is -3.01. The second-order valence-electron chi connectivity index (χ2n) is 6.81. The topological polar surface area (TPSA) is 105 Å². The quantitative estimate of drug-likeness (QED) is 0.718. The highest BCUT2D eigenvalue weighted by atomic mass is 32.2. The number of anilines is 1. The van der Waals surface area contributed by atoms with Gasteiger partial charge in [0.15, 0.2) is 0 Å². The van der Waals surface area contributed by atoms with Crippen molar-refractivity contribution in [2.24, 2.45) is 0 Å². The van der Waals surface area contributed by atoms with Crippen LogP contribution >= 0.6 is 0 Å². The number of hydrogen-bond acceptors (Lipinski definition) is 6. The van der Waals surface area contributed by atoms with Crippen molar-refractivity contribution < 1.29 is 27.1 Å². The second kappa shape index (κ2) is 7.81. The average molecular weight is 399 g/mol. The first-order valence-corrected chi connectivity index (χ1v) is 10.5. The SMILES string of the molecule is CC(=O)NNC[C@H]1CN(c2ccc(C3CCS(=O)(=O)CC3)c(F)c2)C(=O)O1. The van der Waals surface area contributed by atoms with Gasteiger partial charge in [0.2, 0.25) is 5.91 Å². The highest BCUT2D eigenvalue weighted by Gasteiger charge is 2.33. The van der Waals surface area contributed by atoms with E-state index in [1.165, 1.54) is 17.9 Å². The number of ether oxygens (including phenoxy) is 1. The Balaban J connectivity index is 1.65. The molecule has 1 aromatic rings. The third-order valence-electron chi connectivity index (χ3n) is 4.76. The van der Waals surface area contributed by atoms with Gasteiger partial charge >= 0.3 is 6.09 Å². The van der Waals surface area contributed by atoms with Crippen LogP contribution in [0, 0.1) is 5.82 Å². The van der Waals surface area contributed by atoms with Gasteiger partial charge in [-0.05, 0) is 36.5 Å². The molecular formula is C17H22FN3O5S. The fourth-order valence-electron chi connectivity index (χ4n) is 3.34. The van der Waals surface area contributed by atoms with E-state index in [0.29, 0.717) is 24.1 Å². The van der Waals surface area contributed by atoms with Gasteiger partial charge in [-0.15, -0.1) is 0 Å². The summed E-state index contributed by atoms with van der Waals surface area (Å²) in [6.07, 6.45) is -0.251. The maximum absolute atomic E-state index is 14.6. The summed E-state index contributed by atoms with van der Waals surface area (Å²) in [5.41, 5.74) is 5.92. The van der Waals surface area contributed by atoms with Gasteiger partial charge in [0.25, 0.3) is 0 Å². The maximum atomic E-state index is 14.6. The fourth-order valence-corrected chi connectivity index (χ4v) is 4.84. The first-order chi connectivity index (χ1) is 12.7. The Kier molecular flexibility index (Phi) is 5.66. The van der Waals surface area contributed by atoms with E-state index < -0.39 is 27.9 Å². The Bertz CT molecular complexity index is 831. The van der Waals surface area contributed by atoms with Gasteiger partial charge in [-0.25, -0.2) is 23.0 Å². The molecule has 2 amide bonds. The number of cyclic esters (lactones) is 1. The molecule has 2 saturated heterocycles. The van der Waals surface area contributed by atoms with E-state index in [1.54, 1.807) is 12.1 Å². The molecule has 2 fully saturated rings. The lowest BCUT2D eigenvalue weighted by atomic mass is 9.93. The van der Waals surface area contributed by atoms with Crippen LogP contribution in [0.15, 0.2) is 18.2 Å². The van der Waals surface area contributed by atoms with Gasteiger partial charge < -0.3 is 4.74 Å². The summed E-state index contributed by atoms with van der Waals surface area (Å²) in [6.45, 7) is 1.82. The molecule has 0 unspecified atom stereocenters. The van der Waals surface area contributed by atoms with Crippen molar-refractivity contribution in [2.75, 3.05) is 29.5 Å². The standard InChI is InChI=1S/C17H22FN3O5S/c1-11(22)20-19-9-14-10-21(17(23)26-14)13-2-3-15(16(18)8-13)12-4-6-27(24,25)7-5-12/h2-3,8,12,14,19H,4-7,9-10H2,1H3,(H,20,22)/t14-/m0/s1. The zero-order valence-electron chi connectivity index (χ0n) is 14.9.